The molecule has 1 amide bonds. The number of nitrogens with zero attached hydrogens (tertiary/aromatic N) is 1. The van der Waals surface area contributed by atoms with E-state index in [1.165, 1.54) is 6.07 Å². The van der Waals surface area contributed by atoms with Gasteiger partial charge in [0.25, 0.3) is 5.56 Å². The van der Waals surface area contributed by atoms with Crippen LogP contribution < -0.4 is 10.9 Å². The maximum Gasteiger partial charge on any atom is 0.250 e. The van der Waals surface area contributed by atoms with Gasteiger partial charge in [-0.1, -0.05) is 54.2 Å². The van der Waals surface area contributed by atoms with Gasteiger partial charge >= 0.3 is 0 Å². The molecule has 0 radical (unpaired) electrons. The largest absolute Gasteiger partial charge is 0.352 e. The van der Waals surface area contributed by atoms with E-state index in [2.05, 4.69) is 23.5 Å². The topological polar surface area (TPSA) is 51.1 Å². The average molecular weight is 364 g/mol. The number of carbonyl (C=O) groups is 1. The van der Waals surface area contributed by atoms with Gasteiger partial charge in [0.2, 0.25) is 5.91 Å². The number of aromatic nitrogens is 1. The summed E-state index contributed by atoms with van der Waals surface area (Å²) in [6, 6.07) is 23.2. The van der Waals surface area contributed by atoms with E-state index in [1.807, 2.05) is 36.4 Å². The highest BCUT2D eigenvalue weighted by atomic mass is 32.2. The van der Waals surface area contributed by atoms with Crippen LogP contribution in [0.25, 0.3) is 0 Å². The molecule has 5 heteroatoms. The third-order valence-corrected chi connectivity index (χ3v) is 5.02. The number of hydrogen-bond donors (Lipinski definition) is 1. The van der Waals surface area contributed by atoms with Crippen LogP contribution in [0.2, 0.25) is 0 Å². The zero-order chi connectivity index (χ0) is 18.2. The van der Waals surface area contributed by atoms with Crippen LogP contribution in [-0.4, -0.2) is 10.5 Å². The second-order valence-corrected chi connectivity index (χ2v) is 6.90. The number of rotatable bonds is 7. The van der Waals surface area contributed by atoms with Crippen LogP contribution in [0.15, 0.2) is 93.6 Å². The zero-order valence-corrected chi connectivity index (χ0v) is 15.1. The van der Waals surface area contributed by atoms with Gasteiger partial charge < -0.3 is 9.88 Å². The molecule has 0 fully saturated rings. The molecule has 2 aromatic carbocycles. The fourth-order valence-corrected chi connectivity index (χ4v) is 3.48. The molecule has 0 aliphatic rings. The van der Waals surface area contributed by atoms with Gasteiger partial charge in [0.05, 0.1) is 0 Å². The third-order valence-electron chi connectivity index (χ3n) is 3.90. The zero-order valence-electron chi connectivity index (χ0n) is 14.3. The molecule has 3 rings (SSSR count). The van der Waals surface area contributed by atoms with Gasteiger partial charge in [-0.3, -0.25) is 9.59 Å². The molecule has 0 spiro atoms. The normalized spacial score (nSPS) is 10.5. The Balaban J connectivity index is 1.57. The van der Waals surface area contributed by atoms with Crippen LogP contribution in [0.5, 0.6) is 0 Å². The van der Waals surface area contributed by atoms with Crippen LogP contribution in [-0.2, 0) is 17.9 Å². The monoisotopic (exact) mass is 364 g/mol. The van der Waals surface area contributed by atoms with Crippen molar-refractivity contribution < 1.29 is 4.79 Å². The fourth-order valence-electron chi connectivity index (χ4n) is 2.51. The van der Waals surface area contributed by atoms with Crippen molar-refractivity contribution in [2.75, 3.05) is 0 Å². The lowest BCUT2D eigenvalue weighted by atomic mass is 10.2. The van der Waals surface area contributed by atoms with Gasteiger partial charge in [-0.05, 0) is 29.8 Å². The summed E-state index contributed by atoms with van der Waals surface area (Å²) in [5.74, 6) is -0.0692. The SMILES string of the molecule is O=C(CCn1ccccc1=O)NCc1ccccc1Sc1ccccc1. The highest BCUT2D eigenvalue weighted by Gasteiger charge is 2.07. The number of aryl methyl sites for hydroxylation is 1. The van der Waals surface area contributed by atoms with Gasteiger partial charge in [0.1, 0.15) is 0 Å². The van der Waals surface area contributed by atoms with E-state index in [9.17, 15) is 9.59 Å². The van der Waals surface area contributed by atoms with Crippen molar-refractivity contribution >= 4 is 17.7 Å². The van der Waals surface area contributed by atoms with Gasteiger partial charge in [0, 0.05) is 41.6 Å². The summed E-state index contributed by atoms with van der Waals surface area (Å²) >= 11 is 1.68. The van der Waals surface area contributed by atoms with Crippen molar-refractivity contribution in [2.45, 2.75) is 29.3 Å². The molecule has 1 aromatic heterocycles. The molecule has 3 aromatic rings. The smallest absolute Gasteiger partial charge is 0.250 e. The predicted molar refractivity (Wildman–Crippen MR) is 104 cm³/mol. The minimum absolute atomic E-state index is 0.0692. The number of amides is 1. The van der Waals surface area contributed by atoms with E-state index < -0.39 is 0 Å². The van der Waals surface area contributed by atoms with Crippen LogP contribution in [0.3, 0.4) is 0 Å². The Hall–Kier alpha value is -2.79. The third kappa shape index (κ3) is 5.10. The average Bonchev–Trinajstić information content (AvgIpc) is 2.67. The molecule has 0 bridgehead atoms. The van der Waals surface area contributed by atoms with Gasteiger partial charge in [-0.15, -0.1) is 0 Å². The number of carbonyl (C=O) groups excluding carboxylic acids is 1. The number of pyridine rings is 1. The van der Waals surface area contributed by atoms with E-state index >= 15 is 0 Å². The van der Waals surface area contributed by atoms with Gasteiger partial charge in [-0.2, -0.15) is 0 Å². The van der Waals surface area contributed by atoms with Crippen molar-refractivity contribution in [1.82, 2.24) is 9.88 Å². The van der Waals surface area contributed by atoms with Crippen molar-refractivity contribution in [3.63, 3.8) is 0 Å². The predicted octanol–water partition coefficient (Wildman–Crippen LogP) is 3.71. The summed E-state index contributed by atoms with van der Waals surface area (Å²) in [6.45, 7) is 0.852. The summed E-state index contributed by atoms with van der Waals surface area (Å²) in [5.41, 5.74) is 0.983. The molecule has 1 heterocycles. The van der Waals surface area contributed by atoms with E-state index in [0.717, 1.165) is 15.4 Å². The molecule has 4 nitrogen and oxygen atoms in total. The highest BCUT2D eigenvalue weighted by molar-refractivity contribution is 7.99. The molecule has 26 heavy (non-hydrogen) atoms. The summed E-state index contributed by atoms with van der Waals surface area (Å²) in [5, 5.41) is 2.95. The summed E-state index contributed by atoms with van der Waals surface area (Å²) in [6.07, 6.45) is 1.97. The molecule has 132 valence electrons. The molecule has 0 aliphatic heterocycles. The van der Waals surface area contributed by atoms with Gasteiger partial charge in [-0.25, -0.2) is 0 Å². The van der Waals surface area contributed by atoms with Crippen LogP contribution in [0.4, 0.5) is 0 Å². The lowest BCUT2D eigenvalue weighted by Crippen LogP contribution is -2.26. The van der Waals surface area contributed by atoms with Crippen molar-refractivity contribution in [2.24, 2.45) is 0 Å². The van der Waals surface area contributed by atoms with Gasteiger partial charge in [0.15, 0.2) is 0 Å². The Bertz CT molecular complexity index is 922. The number of nitrogens with one attached hydrogen (secondary N) is 1. The minimum atomic E-state index is -0.0927. The molecular formula is C21H20N2O2S. The number of benzene rings is 2. The second-order valence-electron chi connectivity index (χ2n) is 5.78. The van der Waals surface area contributed by atoms with E-state index in [-0.39, 0.29) is 17.9 Å². The van der Waals surface area contributed by atoms with Crippen LogP contribution in [0, 0.1) is 0 Å². The van der Waals surface area contributed by atoms with E-state index in [1.54, 1.807) is 34.7 Å². The Kier molecular flexibility index (Phi) is 6.28. The Morgan fingerprint density at radius 2 is 1.65 bits per heavy atom. The Morgan fingerprint density at radius 3 is 2.46 bits per heavy atom. The Labute approximate surface area is 156 Å². The first-order valence-corrected chi connectivity index (χ1v) is 9.27. The molecule has 0 saturated heterocycles. The van der Waals surface area contributed by atoms with Crippen molar-refractivity contribution in [3.05, 3.63) is 94.9 Å². The lowest BCUT2D eigenvalue weighted by molar-refractivity contribution is -0.121. The maximum atomic E-state index is 12.1. The first-order chi connectivity index (χ1) is 12.7. The van der Waals surface area contributed by atoms with Crippen molar-refractivity contribution in [3.8, 4) is 0 Å². The second kappa shape index (κ2) is 9.06. The Morgan fingerprint density at radius 1 is 0.923 bits per heavy atom. The minimum Gasteiger partial charge on any atom is -0.352 e. The van der Waals surface area contributed by atoms with Crippen molar-refractivity contribution in [1.29, 1.82) is 0 Å². The van der Waals surface area contributed by atoms with E-state index in [4.69, 9.17) is 0 Å². The maximum absolute atomic E-state index is 12.1. The molecule has 0 atom stereocenters. The summed E-state index contributed by atoms with van der Waals surface area (Å²) < 4.78 is 1.54. The summed E-state index contributed by atoms with van der Waals surface area (Å²) in [4.78, 5) is 26.1. The number of hydrogen-bond acceptors (Lipinski definition) is 3. The standard InChI is InChI=1S/C21H20N2O2S/c24-20(13-15-23-14-7-6-12-21(23)25)22-16-17-8-4-5-11-19(17)26-18-9-2-1-3-10-18/h1-12,14H,13,15-16H2,(H,22,24). The first-order valence-electron chi connectivity index (χ1n) is 8.45. The molecule has 1 N–H and O–H groups in total. The molecular weight excluding hydrogens is 344 g/mol. The van der Waals surface area contributed by atoms with E-state index in [0.29, 0.717) is 13.1 Å². The fraction of sp³-hybridized carbons (Fsp3) is 0.143. The highest BCUT2D eigenvalue weighted by Crippen LogP contribution is 2.30. The molecule has 0 saturated carbocycles. The summed E-state index contributed by atoms with van der Waals surface area (Å²) in [7, 11) is 0. The molecule has 0 unspecified atom stereocenters. The molecule has 0 aliphatic carbocycles. The first kappa shape index (κ1) is 18.0. The van der Waals surface area contributed by atoms with Crippen LogP contribution in [0.1, 0.15) is 12.0 Å². The quantitative estimate of drug-likeness (QED) is 0.695. The lowest BCUT2D eigenvalue weighted by Gasteiger charge is -2.11. The van der Waals surface area contributed by atoms with Crippen LogP contribution >= 0.6 is 11.8 Å².